The van der Waals surface area contributed by atoms with Crippen LogP contribution in [0.4, 0.5) is 0 Å². The Labute approximate surface area is 152 Å². The lowest BCUT2D eigenvalue weighted by Crippen LogP contribution is -1.97. The van der Waals surface area contributed by atoms with Crippen LogP contribution in [0.3, 0.4) is 0 Å². The van der Waals surface area contributed by atoms with Gasteiger partial charge in [0.15, 0.2) is 5.16 Å². The minimum atomic E-state index is 0.504. The number of hydrogen-bond donors (Lipinski definition) is 0. The first-order chi connectivity index (χ1) is 12.2. The zero-order valence-corrected chi connectivity index (χ0v) is 15.3. The van der Waals surface area contributed by atoms with Crippen LogP contribution in [0, 0.1) is 6.92 Å². The van der Waals surface area contributed by atoms with E-state index in [1.807, 2.05) is 6.07 Å². The Bertz CT molecular complexity index is 831. The van der Waals surface area contributed by atoms with Crippen molar-refractivity contribution in [3.63, 3.8) is 0 Å². The van der Waals surface area contributed by atoms with E-state index in [1.165, 1.54) is 22.3 Å². The largest absolute Gasteiger partial charge is 0.481 e. The van der Waals surface area contributed by atoms with Gasteiger partial charge in [0, 0.05) is 5.75 Å². The molecule has 0 saturated heterocycles. The summed E-state index contributed by atoms with van der Waals surface area (Å²) in [5, 5.41) is 0.640. The first-order valence-corrected chi connectivity index (χ1v) is 8.93. The van der Waals surface area contributed by atoms with Crippen molar-refractivity contribution in [1.29, 1.82) is 0 Å². The minimum absolute atomic E-state index is 0.504. The molecule has 0 N–H and O–H groups in total. The maximum Gasteiger partial charge on any atom is 0.220 e. The molecule has 1 aromatic heterocycles. The van der Waals surface area contributed by atoms with Gasteiger partial charge in [-0.05, 0) is 29.2 Å². The lowest BCUT2D eigenvalue weighted by Gasteiger charge is -2.11. The van der Waals surface area contributed by atoms with Crippen molar-refractivity contribution in [2.45, 2.75) is 17.8 Å². The Balaban J connectivity index is 1.83. The Morgan fingerprint density at radius 1 is 0.880 bits per heavy atom. The van der Waals surface area contributed by atoms with E-state index in [1.54, 1.807) is 32.0 Å². The first kappa shape index (κ1) is 17.3. The molecule has 5 heteroatoms. The normalized spacial score (nSPS) is 10.5. The Hall–Kier alpha value is -2.53. The second-order valence-corrected chi connectivity index (χ2v) is 6.42. The Morgan fingerprint density at radius 2 is 1.56 bits per heavy atom. The molecule has 0 amide bonds. The predicted octanol–water partition coefficient (Wildman–Crippen LogP) is 4.76. The van der Waals surface area contributed by atoms with Crippen LogP contribution in [-0.4, -0.2) is 24.2 Å². The van der Waals surface area contributed by atoms with Gasteiger partial charge < -0.3 is 9.47 Å². The molecular formula is C20H20N2O2S. The van der Waals surface area contributed by atoms with E-state index in [0.29, 0.717) is 16.9 Å². The molecule has 0 bridgehead atoms. The van der Waals surface area contributed by atoms with Crippen molar-refractivity contribution in [2.75, 3.05) is 14.2 Å². The molecule has 0 unspecified atom stereocenters. The summed E-state index contributed by atoms with van der Waals surface area (Å²) in [5.41, 5.74) is 5.02. The van der Waals surface area contributed by atoms with Crippen molar-refractivity contribution in [3.8, 4) is 22.9 Å². The molecule has 25 heavy (non-hydrogen) atoms. The topological polar surface area (TPSA) is 44.2 Å². The molecule has 3 aromatic rings. The number of methoxy groups -OCH3 is 2. The van der Waals surface area contributed by atoms with Gasteiger partial charge in [-0.15, -0.1) is 0 Å². The lowest BCUT2D eigenvalue weighted by atomic mass is 9.97. The molecule has 128 valence electrons. The maximum absolute atomic E-state index is 5.21. The average molecular weight is 352 g/mol. The van der Waals surface area contributed by atoms with E-state index in [4.69, 9.17) is 9.47 Å². The number of aromatic nitrogens is 2. The van der Waals surface area contributed by atoms with Crippen LogP contribution >= 0.6 is 11.8 Å². The summed E-state index contributed by atoms with van der Waals surface area (Å²) in [5.74, 6) is 1.79. The molecule has 1 heterocycles. The van der Waals surface area contributed by atoms with Gasteiger partial charge in [0.05, 0.1) is 20.3 Å². The minimum Gasteiger partial charge on any atom is -0.481 e. The maximum atomic E-state index is 5.21. The van der Waals surface area contributed by atoms with Gasteiger partial charge in [0.25, 0.3) is 0 Å². The van der Waals surface area contributed by atoms with Crippen molar-refractivity contribution in [3.05, 3.63) is 65.7 Å². The summed E-state index contributed by atoms with van der Waals surface area (Å²) in [4.78, 5) is 8.75. The number of thioether (sulfide) groups is 1. The zero-order valence-electron chi connectivity index (χ0n) is 14.5. The average Bonchev–Trinajstić information content (AvgIpc) is 2.67. The van der Waals surface area contributed by atoms with Gasteiger partial charge >= 0.3 is 0 Å². The number of rotatable bonds is 6. The molecule has 0 aliphatic carbocycles. The van der Waals surface area contributed by atoms with Crippen molar-refractivity contribution in [2.24, 2.45) is 0 Å². The van der Waals surface area contributed by atoms with Crippen LogP contribution in [0.2, 0.25) is 0 Å². The van der Waals surface area contributed by atoms with E-state index >= 15 is 0 Å². The molecule has 4 nitrogen and oxygen atoms in total. The molecule has 0 aliphatic heterocycles. The Morgan fingerprint density at radius 3 is 2.20 bits per heavy atom. The fraction of sp³-hybridized carbons (Fsp3) is 0.200. The highest BCUT2D eigenvalue weighted by Crippen LogP contribution is 2.30. The molecular weight excluding hydrogens is 332 g/mol. The van der Waals surface area contributed by atoms with Gasteiger partial charge in [-0.3, -0.25) is 0 Å². The van der Waals surface area contributed by atoms with E-state index in [9.17, 15) is 0 Å². The van der Waals surface area contributed by atoms with Gasteiger partial charge in [-0.2, -0.15) is 9.97 Å². The molecule has 0 atom stereocenters. The van der Waals surface area contributed by atoms with Crippen LogP contribution in [0.5, 0.6) is 11.8 Å². The molecule has 0 spiro atoms. The molecule has 3 rings (SSSR count). The van der Waals surface area contributed by atoms with E-state index in [0.717, 1.165) is 5.75 Å². The standard InChI is InChI=1S/C20H20N2O2S/c1-14-16(10-7-11-17(14)15-8-5-4-6-9-15)13-25-20-21-18(23-2)12-19(22-20)24-3/h4-12H,13H2,1-3H3. The van der Waals surface area contributed by atoms with Crippen LogP contribution in [0.25, 0.3) is 11.1 Å². The van der Waals surface area contributed by atoms with Crippen molar-refractivity contribution >= 4 is 11.8 Å². The summed E-state index contributed by atoms with van der Waals surface area (Å²) in [6.45, 7) is 2.16. The third kappa shape index (κ3) is 4.12. The molecule has 0 saturated carbocycles. The van der Waals surface area contributed by atoms with Crippen molar-refractivity contribution in [1.82, 2.24) is 9.97 Å². The van der Waals surface area contributed by atoms with E-state index in [2.05, 4.69) is 59.4 Å². The molecule has 0 aliphatic rings. The number of ether oxygens (including phenoxy) is 2. The molecule has 0 fully saturated rings. The summed E-state index contributed by atoms with van der Waals surface area (Å²) >= 11 is 1.57. The SMILES string of the molecule is COc1cc(OC)nc(SCc2cccc(-c3ccccc3)c2C)n1. The monoisotopic (exact) mass is 352 g/mol. The highest BCUT2D eigenvalue weighted by atomic mass is 32.2. The fourth-order valence-electron chi connectivity index (χ4n) is 2.57. The zero-order chi connectivity index (χ0) is 17.6. The van der Waals surface area contributed by atoms with E-state index < -0.39 is 0 Å². The second kappa shape index (κ2) is 8.03. The summed E-state index contributed by atoms with van der Waals surface area (Å²) in [6, 6.07) is 18.5. The van der Waals surface area contributed by atoms with Crippen molar-refractivity contribution < 1.29 is 9.47 Å². The molecule has 0 radical (unpaired) electrons. The number of benzene rings is 2. The van der Waals surface area contributed by atoms with Gasteiger partial charge in [0.1, 0.15) is 0 Å². The quantitative estimate of drug-likeness (QED) is 0.473. The third-order valence-corrected chi connectivity index (χ3v) is 4.86. The van der Waals surface area contributed by atoms with Crippen LogP contribution in [0.15, 0.2) is 59.8 Å². The first-order valence-electron chi connectivity index (χ1n) is 7.95. The van der Waals surface area contributed by atoms with Gasteiger partial charge in [-0.25, -0.2) is 0 Å². The molecule has 2 aromatic carbocycles. The van der Waals surface area contributed by atoms with Crippen LogP contribution < -0.4 is 9.47 Å². The summed E-state index contributed by atoms with van der Waals surface area (Å²) < 4.78 is 10.4. The summed E-state index contributed by atoms with van der Waals surface area (Å²) in [7, 11) is 3.17. The van der Waals surface area contributed by atoms with Gasteiger partial charge in [-0.1, -0.05) is 60.3 Å². The third-order valence-electron chi connectivity index (χ3n) is 3.96. The lowest BCUT2D eigenvalue weighted by molar-refractivity contribution is 0.364. The predicted molar refractivity (Wildman–Crippen MR) is 101 cm³/mol. The summed E-state index contributed by atoms with van der Waals surface area (Å²) in [6.07, 6.45) is 0. The van der Waals surface area contributed by atoms with E-state index in [-0.39, 0.29) is 0 Å². The number of nitrogens with zero attached hydrogens (tertiary/aromatic N) is 2. The van der Waals surface area contributed by atoms with Gasteiger partial charge in [0.2, 0.25) is 11.8 Å². The van der Waals surface area contributed by atoms with Crippen LogP contribution in [-0.2, 0) is 5.75 Å². The van der Waals surface area contributed by atoms with Crippen LogP contribution in [0.1, 0.15) is 11.1 Å². The second-order valence-electron chi connectivity index (χ2n) is 5.48. The smallest absolute Gasteiger partial charge is 0.220 e. The fourth-order valence-corrected chi connectivity index (χ4v) is 3.48. The highest BCUT2D eigenvalue weighted by Gasteiger charge is 2.10. The number of hydrogen-bond acceptors (Lipinski definition) is 5. The Kier molecular flexibility index (Phi) is 5.56. The highest BCUT2D eigenvalue weighted by molar-refractivity contribution is 7.98.